The van der Waals surface area contributed by atoms with Crippen LogP contribution >= 0.6 is 0 Å². The summed E-state index contributed by atoms with van der Waals surface area (Å²) < 4.78 is 0. The molecule has 0 aliphatic carbocycles. The molecule has 80 valence electrons. The quantitative estimate of drug-likeness (QED) is 0.751. The van der Waals surface area contributed by atoms with E-state index in [1.165, 1.54) is 0 Å². The second-order valence-corrected chi connectivity index (χ2v) is 3.96. The third-order valence-electron chi connectivity index (χ3n) is 3.24. The number of aliphatic hydroxyl groups is 1. The molecular weight excluding hydrogens is 190 g/mol. The van der Waals surface area contributed by atoms with E-state index in [1.54, 1.807) is 4.90 Å². The minimum absolute atomic E-state index is 0.00421. The van der Waals surface area contributed by atoms with Crippen LogP contribution < -0.4 is 0 Å². The predicted octanol–water partition coefficient (Wildman–Crippen LogP) is 1.13. The number of carbonyl (C=O) groups is 1. The topological polar surface area (TPSA) is 40.5 Å². The molecule has 0 bridgehead atoms. The Bertz CT molecular complexity index is 339. The number of hydrogen-bond acceptors (Lipinski definition) is 2. The number of nitrogens with zero attached hydrogens (tertiary/aromatic N) is 1. The van der Waals surface area contributed by atoms with E-state index in [9.17, 15) is 9.90 Å². The average molecular weight is 205 g/mol. The first-order valence-corrected chi connectivity index (χ1v) is 5.22. The van der Waals surface area contributed by atoms with Gasteiger partial charge in [-0.2, -0.15) is 0 Å². The first-order chi connectivity index (χ1) is 7.33. The number of amides is 1. The summed E-state index contributed by atoms with van der Waals surface area (Å²) >= 11 is 0. The van der Waals surface area contributed by atoms with Crippen molar-refractivity contribution in [2.75, 3.05) is 13.2 Å². The monoisotopic (exact) mass is 205 g/mol. The van der Waals surface area contributed by atoms with Gasteiger partial charge in [-0.3, -0.25) is 4.79 Å². The van der Waals surface area contributed by atoms with Crippen molar-refractivity contribution in [3.05, 3.63) is 35.9 Å². The molecule has 1 aliphatic heterocycles. The lowest BCUT2D eigenvalue weighted by Gasteiger charge is -2.35. The maximum absolute atomic E-state index is 11.0. The lowest BCUT2D eigenvalue weighted by molar-refractivity contribution is -0.123. The van der Waals surface area contributed by atoms with Gasteiger partial charge < -0.3 is 10.0 Å². The van der Waals surface area contributed by atoms with Crippen LogP contribution in [0.3, 0.4) is 0 Å². The Morgan fingerprint density at radius 3 is 2.73 bits per heavy atom. The third kappa shape index (κ3) is 1.53. The Kier molecular flexibility index (Phi) is 2.73. The Morgan fingerprint density at radius 1 is 1.40 bits per heavy atom. The molecule has 1 amide bonds. The SMILES string of the molecule is O=CN1CCCC1(CO)c1ccccc1. The van der Waals surface area contributed by atoms with E-state index in [2.05, 4.69) is 0 Å². The van der Waals surface area contributed by atoms with Crippen LogP contribution in [0.2, 0.25) is 0 Å². The summed E-state index contributed by atoms with van der Waals surface area (Å²) in [6, 6.07) is 9.76. The van der Waals surface area contributed by atoms with Gasteiger partial charge in [-0.15, -0.1) is 0 Å². The summed E-state index contributed by atoms with van der Waals surface area (Å²) in [7, 11) is 0. The van der Waals surface area contributed by atoms with Gasteiger partial charge in [-0.1, -0.05) is 30.3 Å². The summed E-state index contributed by atoms with van der Waals surface area (Å²) in [6.07, 6.45) is 2.64. The van der Waals surface area contributed by atoms with Crippen LogP contribution in [0.15, 0.2) is 30.3 Å². The maximum atomic E-state index is 11.0. The highest BCUT2D eigenvalue weighted by Gasteiger charge is 2.41. The standard InChI is InChI=1S/C12H15NO2/c14-9-12(7-4-8-13(12)10-15)11-5-2-1-3-6-11/h1-3,5-6,10,14H,4,7-9H2. The van der Waals surface area contributed by atoms with Crippen molar-refractivity contribution in [1.82, 2.24) is 4.90 Å². The fraction of sp³-hybridized carbons (Fsp3) is 0.417. The molecule has 15 heavy (non-hydrogen) atoms. The Labute approximate surface area is 89.3 Å². The van der Waals surface area contributed by atoms with Crippen molar-refractivity contribution < 1.29 is 9.90 Å². The van der Waals surface area contributed by atoms with Crippen LogP contribution in [0, 0.1) is 0 Å². The van der Waals surface area contributed by atoms with Gasteiger partial charge in [-0.25, -0.2) is 0 Å². The maximum Gasteiger partial charge on any atom is 0.210 e. The highest BCUT2D eigenvalue weighted by atomic mass is 16.3. The Balaban J connectivity index is 2.41. The van der Waals surface area contributed by atoms with Gasteiger partial charge in [0.2, 0.25) is 6.41 Å². The molecule has 3 nitrogen and oxygen atoms in total. The minimum atomic E-state index is -0.483. The zero-order chi connectivity index (χ0) is 10.7. The fourth-order valence-electron chi connectivity index (χ4n) is 2.37. The van der Waals surface area contributed by atoms with Crippen LogP contribution in [0.5, 0.6) is 0 Å². The molecule has 0 aromatic heterocycles. The van der Waals surface area contributed by atoms with Gasteiger partial charge in [0.15, 0.2) is 0 Å². The van der Waals surface area contributed by atoms with Crippen molar-refractivity contribution in [3.63, 3.8) is 0 Å². The van der Waals surface area contributed by atoms with Crippen LogP contribution in [-0.4, -0.2) is 29.6 Å². The number of rotatable bonds is 3. The molecular formula is C12H15NO2. The van der Waals surface area contributed by atoms with Crippen molar-refractivity contribution >= 4 is 6.41 Å². The molecule has 1 aromatic carbocycles. The molecule has 1 N–H and O–H groups in total. The van der Waals surface area contributed by atoms with E-state index in [4.69, 9.17) is 0 Å². The van der Waals surface area contributed by atoms with Gasteiger partial charge in [0, 0.05) is 6.54 Å². The van der Waals surface area contributed by atoms with E-state index in [0.717, 1.165) is 31.4 Å². The third-order valence-corrected chi connectivity index (χ3v) is 3.24. The summed E-state index contributed by atoms with van der Waals surface area (Å²) in [5.41, 5.74) is 0.542. The van der Waals surface area contributed by atoms with Gasteiger partial charge in [-0.05, 0) is 18.4 Å². The second kappa shape index (κ2) is 4.03. The van der Waals surface area contributed by atoms with E-state index in [-0.39, 0.29) is 6.61 Å². The smallest absolute Gasteiger partial charge is 0.210 e. The Morgan fingerprint density at radius 2 is 2.13 bits per heavy atom. The van der Waals surface area contributed by atoms with Crippen molar-refractivity contribution in [1.29, 1.82) is 0 Å². The number of hydrogen-bond donors (Lipinski definition) is 1. The fourth-order valence-corrected chi connectivity index (χ4v) is 2.37. The second-order valence-electron chi connectivity index (χ2n) is 3.96. The van der Waals surface area contributed by atoms with Gasteiger partial charge in [0.05, 0.1) is 12.1 Å². The van der Waals surface area contributed by atoms with E-state index < -0.39 is 5.54 Å². The predicted molar refractivity (Wildman–Crippen MR) is 57.2 cm³/mol. The van der Waals surface area contributed by atoms with E-state index >= 15 is 0 Å². The molecule has 1 saturated heterocycles. The lowest BCUT2D eigenvalue weighted by Crippen LogP contribution is -2.43. The van der Waals surface area contributed by atoms with Crippen LogP contribution in [0.25, 0.3) is 0 Å². The molecule has 0 spiro atoms. The zero-order valence-electron chi connectivity index (χ0n) is 8.60. The molecule has 0 radical (unpaired) electrons. The molecule has 1 unspecified atom stereocenters. The minimum Gasteiger partial charge on any atom is -0.394 e. The highest BCUT2D eigenvalue weighted by Crippen LogP contribution is 2.37. The Hall–Kier alpha value is -1.35. The molecule has 1 aromatic rings. The van der Waals surface area contributed by atoms with E-state index in [0.29, 0.717) is 0 Å². The molecule has 3 heteroatoms. The first kappa shape index (κ1) is 10.2. The normalized spacial score (nSPS) is 25.5. The average Bonchev–Trinajstić information content (AvgIpc) is 2.74. The molecule has 1 fully saturated rings. The van der Waals surface area contributed by atoms with Gasteiger partial charge >= 0.3 is 0 Å². The zero-order valence-corrected chi connectivity index (χ0v) is 8.60. The number of carbonyl (C=O) groups excluding carboxylic acids is 1. The number of benzene rings is 1. The molecule has 0 saturated carbocycles. The van der Waals surface area contributed by atoms with E-state index in [1.807, 2.05) is 30.3 Å². The van der Waals surface area contributed by atoms with Gasteiger partial charge in [0.25, 0.3) is 0 Å². The summed E-state index contributed by atoms with van der Waals surface area (Å²) in [5.74, 6) is 0. The van der Waals surface area contributed by atoms with Crippen LogP contribution in [0.4, 0.5) is 0 Å². The largest absolute Gasteiger partial charge is 0.394 e. The van der Waals surface area contributed by atoms with Crippen LogP contribution in [-0.2, 0) is 10.3 Å². The van der Waals surface area contributed by atoms with Crippen molar-refractivity contribution in [3.8, 4) is 0 Å². The summed E-state index contributed by atoms with van der Waals surface area (Å²) in [4.78, 5) is 12.7. The van der Waals surface area contributed by atoms with Gasteiger partial charge in [0.1, 0.15) is 0 Å². The first-order valence-electron chi connectivity index (χ1n) is 5.22. The summed E-state index contributed by atoms with van der Waals surface area (Å²) in [5, 5.41) is 9.57. The number of likely N-dealkylation sites (tertiary alicyclic amines) is 1. The lowest BCUT2D eigenvalue weighted by atomic mass is 9.88. The summed E-state index contributed by atoms with van der Waals surface area (Å²) in [6.45, 7) is 0.731. The molecule has 1 aliphatic rings. The molecule has 1 atom stereocenters. The van der Waals surface area contributed by atoms with Crippen molar-refractivity contribution in [2.24, 2.45) is 0 Å². The van der Waals surface area contributed by atoms with Crippen LogP contribution in [0.1, 0.15) is 18.4 Å². The molecule has 1 heterocycles. The van der Waals surface area contributed by atoms with Crippen molar-refractivity contribution in [2.45, 2.75) is 18.4 Å². The highest BCUT2D eigenvalue weighted by molar-refractivity contribution is 5.51. The molecule has 2 rings (SSSR count). The number of aliphatic hydroxyl groups excluding tert-OH is 1.